The Morgan fingerprint density at radius 2 is 2.50 bits per heavy atom. The van der Waals surface area contributed by atoms with Gasteiger partial charge in [0.25, 0.3) is 0 Å². The number of hydroxylamine groups is 1. The van der Waals surface area contributed by atoms with Crippen LogP contribution in [0.5, 0.6) is 0 Å². The van der Waals surface area contributed by atoms with Crippen LogP contribution in [0.15, 0.2) is 16.8 Å². The molecule has 0 aromatic carbocycles. The highest BCUT2D eigenvalue weighted by molar-refractivity contribution is 5.83. The number of aliphatic imine (C=N–C) groups is 1. The summed E-state index contributed by atoms with van der Waals surface area (Å²) in [6.45, 7) is 2.90. The molecule has 0 saturated carbocycles. The zero-order chi connectivity index (χ0) is 8.39. The Kier molecular flexibility index (Phi) is 2.23. The molecule has 2 aliphatic heterocycles. The van der Waals surface area contributed by atoms with Gasteiger partial charge in [-0.05, 0) is 31.8 Å². The second kappa shape index (κ2) is 3.37. The summed E-state index contributed by atoms with van der Waals surface area (Å²) < 4.78 is 0. The molecule has 3 heteroatoms. The van der Waals surface area contributed by atoms with Crippen LogP contribution in [0, 0.1) is 0 Å². The molecule has 0 aromatic rings. The molecule has 2 aliphatic rings. The second-order valence-corrected chi connectivity index (χ2v) is 3.38. The first-order chi connectivity index (χ1) is 5.86. The van der Waals surface area contributed by atoms with E-state index in [0.29, 0.717) is 6.04 Å². The summed E-state index contributed by atoms with van der Waals surface area (Å²) in [5.74, 6) is 0. The van der Waals surface area contributed by atoms with Crippen LogP contribution < -0.4 is 5.48 Å². The van der Waals surface area contributed by atoms with Gasteiger partial charge in [0, 0.05) is 11.9 Å². The topological polar surface area (TPSA) is 33.6 Å². The van der Waals surface area contributed by atoms with Crippen LogP contribution in [-0.4, -0.2) is 18.4 Å². The van der Waals surface area contributed by atoms with Crippen LogP contribution in [0.25, 0.3) is 0 Å². The van der Waals surface area contributed by atoms with Crippen molar-refractivity contribution in [1.29, 1.82) is 0 Å². The molecule has 1 unspecified atom stereocenters. The first-order valence-electron chi connectivity index (χ1n) is 4.46. The molecule has 12 heavy (non-hydrogen) atoms. The lowest BCUT2D eigenvalue weighted by molar-refractivity contribution is 0.0925. The minimum Gasteiger partial charge on any atom is -0.301 e. The summed E-state index contributed by atoms with van der Waals surface area (Å²) in [4.78, 5) is 9.41. The minimum absolute atomic E-state index is 0.418. The monoisotopic (exact) mass is 166 g/mol. The predicted molar refractivity (Wildman–Crippen MR) is 47.9 cm³/mol. The van der Waals surface area contributed by atoms with Crippen molar-refractivity contribution in [2.75, 3.05) is 6.61 Å². The zero-order valence-corrected chi connectivity index (χ0v) is 7.34. The van der Waals surface area contributed by atoms with Crippen molar-refractivity contribution in [1.82, 2.24) is 5.48 Å². The molecule has 1 atom stereocenters. The maximum Gasteiger partial charge on any atom is 0.0701 e. The summed E-state index contributed by atoms with van der Waals surface area (Å²) in [5, 5.41) is 0. The van der Waals surface area contributed by atoms with Crippen molar-refractivity contribution in [3.8, 4) is 0 Å². The first kappa shape index (κ1) is 7.95. The molecule has 66 valence electrons. The summed E-state index contributed by atoms with van der Waals surface area (Å²) in [6, 6.07) is 0.418. The van der Waals surface area contributed by atoms with Gasteiger partial charge in [-0.2, -0.15) is 5.48 Å². The lowest BCUT2D eigenvalue weighted by atomic mass is 9.98. The molecule has 0 amide bonds. The third-order valence-electron chi connectivity index (χ3n) is 2.41. The molecule has 0 bridgehead atoms. The number of nitrogens with zero attached hydrogens (tertiary/aromatic N) is 1. The van der Waals surface area contributed by atoms with Gasteiger partial charge in [-0.1, -0.05) is 0 Å². The van der Waals surface area contributed by atoms with E-state index < -0.39 is 0 Å². The van der Waals surface area contributed by atoms with Gasteiger partial charge in [-0.3, -0.25) is 4.99 Å². The number of nitrogens with one attached hydrogen (secondary N) is 1. The number of hydrogen-bond acceptors (Lipinski definition) is 3. The molecule has 1 saturated heterocycles. The highest BCUT2D eigenvalue weighted by Crippen LogP contribution is 2.20. The Morgan fingerprint density at radius 1 is 1.58 bits per heavy atom. The lowest BCUT2D eigenvalue weighted by Crippen LogP contribution is -2.23. The summed E-state index contributed by atoms with van der Waals surface area (Å²) in [6.07, 6.45) is 5.31. The van der Waals surface area contributed by atoms with E-state index in [1.807, 2.05) is 6.20 Å². The molecule has 0 aliphatic carbocycles. The van der Waals surface area contributed by atoms with E-state index in [9.17, 15) is 0 Å². The molecule has 1 N–H and O–H groups in total. The minimum atomic E-state index is 0.418. The van der Waals surface area contributed by atoms with E-state index >= 15 is 0 Å². The van der Waals surface area contributed by atoms with Crippen molar-refractivity contribution in [3.63, 3.8) is 0 Å². The molecular weight excluding hydrogens is 152 g/mol. The average molecular weight is 166 g/mol. The van der Waals surface area contributed by atoms with Gasteiger partial charge in [-0.15, -0.1) is 0 Å². The van der Waals surface area contributed by atoms with E-state index in [-0.39, 0.29) is 0 Å². The van der Waals surface area contributed by atoms with Gasteiger partial charge in [0.2, 0.25) is 0 Å². The smallest absolute Gasteiger partial charge is 0.0701 e. The second-order valence-electron chi connectivity index (χ2n) is 3.38. The Balaban J connectivity index is 2.04. The van der Waals surface area contributed by atoms with Crippen molar-refractivity contribution in [2.24, 2.45) is 4.99 Å². The van der Waals surface area contributed by atoms with Crippen LogP contribution in [0.4, 0.5) is 0 Å². The molecule has 0 aromatic heterocycles. The Labute approximate surface area is 72.5 Å². The lowest BCUT2D eigenvalue weighted by Gasteiger charge is -2.15. The highest BCUT2D eigenvalue weighted by atomic mass is 16.7. The van der Waals surface area contributed by atoms with E-state index in [1.165, 1.54) is 11.3 Å². The maximum absolute atomic E-state index is 5.10. The van der Waals surface area contributed by atoms with Gasteiger partial charge in [-0.25, -0.2) is 0 Å². The highest BCUT2D eigenvalue weighted by Gasteiger charge is 2.20. The molecule has 1 fully saturated rings. The van der Waals surface area contributed by atoms with Gasteiger partial charge in [0.15, 0.2) is 0 Å². The molecule has 3 nitrogen and oxygen atoms in total. The Hall–Kier alpha value is -0.670. The Bertz CT molecular complexity index is 227. The first-order valence-corrected chi connectivity index (χ1v) is 4.46. The van der Waals surface area contributed by atoms with Crippen LogP contribution in [-0.2, 0) is 4.84 Å². The Morgan fingerprint density at radius 3 is 3.08 bits per heavy atom. The molecule has 2 heterocycles. The van der Waals surface area contributed by atoms with Crippen LogP contribution in [0.3, 0.4) is 0 Å². The fourth-order valence-electron chi connectivity index (χ4n) is 1.57. The van der Waals surface area contributed by atoms with E-state index in [2.05, 4.69) is 17.4 Å². The predicted octanol–water partition coefficient (Wildman–Crippen LogP) is 1.42. The largest absolute Gasteiger partial charge is 0.301 e. The van der Waals surface area contributed by atoms with Gasteiger partial charge in [0.05, 0.1) is 12.6 Å². The third kappa shape index (κ3) is 1.57. The molecule has 2 rings (SSSR count). The average Bonchev–Trinajstić information content (AvgIpc) is 2.58. The maximum atomic E-state index is 5.10. The quantitative estimate of drug-likeness (QED) is 0.639. The van der Waals surface area contributed by atoms with E-state index in [1.54, 1.807) is 0 Å². The fraction of sp³-hybridized carbons (Fsp3) is 0.667. The van der Waals surface area contributed by atoms with Crippen molar-refractivity contribution >= 4 is 5.71 Å². The van der Waals surface area contributed by atoms with Crippen molar-refractivity contribution in [3.05, 3.63) is 11.8 Å². The summed E-state index contributed by atoms with van der Waals surface area (Å²) in [7, 11) is 0. The van der Waals surface area contributed by atoms with Crippen LogP contribution in [0.2, 0.25) is 0 Å². The van der Waals surface area contributed by atoms with Gasteiger partial charge >= 0.3 is 0 Å². The number of hydrogen-bond donors (Lipinski definition) is 1. The van der Waals surface area contributed by atoms with E-state index in [0.717, 1.165) is 25.9 Å². The summed E-state index contributed by atoms with van der Waals surface area (Å²) >= 11 is 0. The van der Waals surface area contributed by atoms with Crippen LogP contribution >= 0.6 is 0 Å². The fourth-order valence-corrected chi connectivity index (χ4v) is 1.57. The SMILES string of the molecule is CC1=NC=C(C2CCON2)CC1. The molecule has 0 radical (unpaired) electrons. The number of rotatable bonds is 1. The van der Waals surface area contributed by atoms with Crippen molar-refractivity contribution < 1.29 is 4.84 Å². The third-order valence-corrected chi connectivity index (χ3v) is 2.41. The van der Waals surface area contributed by atoms with Crippen molar-refractivity contribution in [2.45, 2.75) is 32.2 Å². The molecule has 0 spiro atoms. The summed E-state index contributed by atoms with van der Waals surface area (Å²) in [5.41, 5.74) is 5.62. The standard InChI is InChI=1S/C9H14N2O/c1-7-2-3-8(6-10-7)9-4-5-12-11-9/h6,9,11H,2-5H2,1H3. The zero-order valence-electron chi connectivity index (χ0n) is 7.34. The van der Waals surface area contributed by atoms with Crippen LogP contribution in [0.1, 0.15) is 26.2 Å². The van der Waals surface area contributed by atoms with Gasteiger partial charge in [0.1, 0.15) is 0 Å². The normalized spacial score (nSPS) is 29.9. The van der Waals surface area contributed by atoms with E-state index in [4.69, 9.17) is 4.84 Å². The van der Waals surface area contributed by atoms with Gasteiger partial charge < -0.3 is 4.84 Å². The molecular formula is C9H14N2O.